The number of aryl methyl sites for hydroxylation is 2. The van der Waals surface area contributed by atoms with E-state index in [9.17, 15) is 4.79 Å². The predicted octanol–water partition coefficient (Wildman–Crippen LogP) is 2.70. The van der Waals surface area contributed by atoms with Gasteiger partial charge in [0.05, 0.1) is 23.1 Å². The summed E-state index contributed by atoms with van der Waals surface area (Å²) in [6, 6.07) is 1.68. The highest BCUT2D eigenvalue weighted by atomic mass is 32.1. The van der Waals surface area contributed by atoms with Crippen molar-refractivity contribution in [1.82, 2.24) is 9.97 Å². The van der Waals surface area contributed by atoms with Crippen LogP contribution < -0.4 is 10.6 Å². The molecule has 0 aliphatic carbocycles. The van der Waals surface area contributed by atoms with Gasteiger partial charge in [0.15, 0.2) is 5.13 Å². The largest absolute Gasteiger partial charge is 0.386 e. The fourth-order valence-corrected chi connectivity index (χ4v) is 2.66. The van der Waals surface area contributed by atoms with E-state index in [4.69, 9.17) is 0 Å². The second-order valence-corrected chi connectivity index (χ2v) is 5.20. The summed E-state index contributed by atoms with van der Waals surface area (Å²) in [7, 11) is 1.76. The minimum absolute atomic E-state index is 0.178. The lowest BCUT2D eigenvalue weighted by molar-refractivity contribution is 0.102. The summed E-state index contributed by atoms with van der Waals surface area (Å²) < 4.78 is 0. The Kier molecular flexibility index (Phi) is 4.11. The zero-order chi connectivity index (χ0) is 13.8. The third-order valence-corrected chi connectivity index (χ3v) is 3.71. The number of thiazole rings is 1. The first-order valence-corrected chi connectivity index (χ1v) is 6.86. The Morgan fingerprint density at radius 2 is 2.26 bits per heavy atom. The predicted molar refractivity (Wildman–Crippen MR) is 78.0 cm³/mol. The van der Waals surface area contributed by atoms with Crippen LogP contribution in [0, 0.1) is 6.92 Å². The molecule has 19 heavy (non-hydrogen) atoms. The lowest BCUT2D eigenvalue weighted by Gasteiger charge is -2.07. The van der Waals surface area contributed by atoms with Crippen molar-refractivity contribution >= 4 is 28.1 Å². The summed E-state index contributed by atoms with van der Waals surface area (Å²) in [5, 5.41) is 6.42. The number of hydrogen-bond donors (Lipinski definition) is 2. The zero-order valence-corrected chi connectivity index (χ0v) is 12.0. The Hall–Kier alpha value is -1.95. The summed E-state index contributed by atoms with van der Waals surface area (Å²) in [5.41, 5.74) is 2.29. The van der Waals surface area contributed by atoms with E-state index < -0.39 is 0 Å². The van der Waals surface area contributed by atoms with E-state index in [-0.39, 0.29) is 5.91 Å². The Morgan fingerprint density at radius 1 is 1.47 bits per heavy atom. The van der Waals surface area contributed by atoms with Crippen molar-refractivity contribution in [3.63, 3.8) is 0 Å². The van der Waals surface area contributed by atoms with Crippen LogP contribution in [0.5, 0.6) is 0 Å². The fraction of sp³-hybridized carbons (Fsp3) is 0.308. The molecule has 2 aromatic heterocycles. The van der Waals surface area contributed by atoms with Crippen LogP contribution in [0.3, 0.4) is 0 Å². The van der Waals surface area contributed by atoms with Gasteiger partial charge in [-0.2, -0.15) is 0 Å². The maximum absolute atomic E-state index is 12.2. The van der Waals surface area contributed by atoms with Crippen LogP contribution >= 0.6 is 11.3 Å². The second kappa shape index (κ2) is 5.79. The third-order valence-electron chi connectivity index (χ3n) is 2.78. The van der Waals surface area contributed by atoms with Crippen LogP contribution in [0.25, 0.3) is 0 Å². The standard InChI is InChI=1S/C13H16N4OS/c1-4-10-8(2)19-13(16-10)17-12(18)9-5-6-15-7-11(9)14-3/h5-7,14H,4H2,1-3H3,(H,16,17,18). The smallest absolute Gasteiger partial charge is 0.259 e. The minimum Gasteiger partial charge on any atom is -0.386 e. The van der Waals surface area contributed by atoms with E-state index in [0.29, 0.717) is 16.4 Å². The molecule has 0 saturated carbocycles. The zero-order valence-electron chi connectivity index (χ0n) is 11.2. The molecule has 2 N–H and O–H groups in total. The van der Waals surface area contributed by atoms with Gasteiger partial charge < -0.3 is 5.32 Å². The first-order valence-electron chi connectivity index (χ1n) is 6.05. The molecule has 6 heteroatoms. The monoisotopic (exact) mass is 276 g/mol. The van der Waals surface area contributed by atoms with Crippen LogP contribution in [0.1, 0.15) is 27.9 Å². The second-order valence-electron chi connectivity index (χ2n) is 4.00. The van der Waals surface area contributed by atoms with Crippen molar-refractivity contribution in [1.29, 1.82) is 0 Å². The van der Waals surface area contributed by atoms with Crippen molar-refractivity contribution in [3.05, 3.63) is 34.6 Å². The van der Waals surface area contributed by atoms with Gasteiger partial charge >= 0.3 is 0 Å². The summed E-state index contributed by atoms with van der Waals surface area (Å²) in [5.74, 6) is -0.178. The van der Waals surface area contributed by atoms with Gasteiger partial charge in [-0.25, -0.2) is 4.98 Å². The van der Waals surface area contributed by atoms with Crippen molar-refractivity contribution in [3.8, 4) is 0 Å². The van der Waals surface area contributed by atoms with Crippen LogP contribution in [-0.4, -0.2) is 22.9 Å². The van der Waals surface area contributed by atoms with Crippen molar-refractivity contribution in [2.45, 2.75) is 20.3 Å². The number of pyridine rings is 1. The first-order chi connectivity index (χ1) is 9.15. The molecule has 0 radical (unpaired) electrons. The number of rotatable bonds is 4. The molecule has 5 nitrogen and oxygen atoms in total. The lowest BCUT2D eigenvalue weighted by Crippen LogP contribution is -2.14. The van der Waals surface area contributed by atoms with E-state index in [1.807, 2.05) is 6.92 Å². The van der Waals surface area contributed by atoms with E-state index in [1.165, 1.54) is 11.3 Å². The average Bonchev–Trinajstić information content (AvgIpc) is 2.78. The van der Waals surface area contributed by atoms with Gasteiger partial charge in [0.25, 0.3) is 5.91 Å². The van der Waals surface area contributed by atoms with Gasteiger partial charge in [0, 0.05) is 18.1 Å². The summed E-state index contributed by atoms with van der Waals surface area (Å²) >= 11 is 1.50. The summed E-state index contributed by atoms with van der Waals surface area (Å²) in [6.07, 6.45) is 4.09. The summed E-state index contributed by atoms with van der Waals surface area (Å²) in [6.45, 7) is 4.06. The molecular weight excluding hydrogens is 260 g/mol. The number of aromatic nitrogens is 2. The van der Waals surface area contributed by atoms with Crippen LogP contribution in [0.4, 0.5) is 10.8 Å². The maximum Gasteiger partial charge on any atom is 0.259 e. The SMILES string of the molecule is CCc1nc(NC(=O)c2ccncc2NC)sc1C. The van der Waals surface area contributed by atoms with Crippen LogP contribution in [-0.2, 0) is 6.42 Å². The number of hydrogen-bond acceptors (Lipinski definition) is 5. The first kappa shape index (κ1) is 13.5. The Morgan fingerprint density at radius 3 is 2.89 bits per heavy atom. The third kappa shape index (κ3) is 2.90. The molecule has 2 heterocycles. The topological polar surface area (TPSA) is 66.9 Å². The van der Waals surface area contributed by atoms with Crippen LogP contribution in [0.2, 0.25) is 0 Å². The van der Waals surface area contributed by atoms with E-state index in [0.717, 1.165) is 17.0 Å². The molecule has 1 amide bonds. The molecule has 0 atom stereocenters. The Bertz CT molecular complexity index is 594. The molecule has 0 saturated heterocycles. The van der Waals surface area contributed by atoms with Crippen LogP contribution in [0.15, 0.2) is 18.5 Å². The van der Waals surface area contributed by atoms with Gasteiger partial charge in [-0.15, -0.1) is 11.3 Å². The van der Waals surface area contributed by atoms with Gasteiger partial charge in [0.1, 0.15) is 0 Å². The highest BCUT2D eigenvalue weighted by Gasteiger charge is 2.13. The molecule has 0 aliphatic heterocycles. The van der Waals surface area contributed by atoms with E-state index >= 15 is 0 Å². The van der Waals surface area contributed by atoms with E-state index in [2.05, 4.69) is 27.5 Å². The van der Waals surface area contributed by atoms with Crippen molar-refractivity contribution < 1.29 is 4.79 Å². The highest BCUT2D eigenvalue weighted by molar-refractivity contribution is 7.15. The molecule has 0 bridgehead atoms. The van der Waals surface area contributed by atoms with Crippen molar-refractivity contribution in [2.24, 2.45) is 0 Å². The molecule has 0 aromatic carbocycles. The average molecular weight is 276 g/mol. The van der Waals surface area contributed by atoms with Gasteiger partial charge in [-0.05, 0) is 19.4 Å². The number of amides is 1. The fourth-order valence-electron chi connectivity index (χ4n) is 1.77. The van der Waals surface area contributed by atoms with Gasteiger partial charge in [0.2, 0.25) is 0 Å². The highest BCUT2D eigenvalue weighted by Crippen LogP contribution is 2.23. The molecule has 100 valence electrons. The number of carbonyl (C=O) groups excluding carboxylic acids is 1. The number of nitrogens with zero attached hydrogens (tertiary/aromatic N) is 2. The van der Waals surface area contributed by atoms with E-state index in [1.54, 1.807) is 25.5 Å². The van der Waals surface area contributed by atoms with Gasteiger partial charge in [-0.3, -0.25) is 15.1 Å². The molecule has 0 fully saturated rings. The Balaban J connectivity index is 2.20. The number of carbonyl (C=O) groups is 1. The Labute approximate surface area is 116 Å². The van der Waals surface area contributed by atoms with Crippen molar-refractivity contribution in [2.75, 3.05) is 17.7 Å². The molecule has 0 aliphatic rings. The molecule has 2 aromatic rings. The minimum atomic E-state index is -0.178. The molecule has 0 spiro atoms. The van der Waals surface area contributed by atoms with Gasteiger partial charge in [-0.1, -0.05) is 6.92 Å². The molecular formula is C13H16N4OS. The number of nitrogens with one attached hydrogen (secondary N) is 2. The normalized spacial score (nSPS) is 10.3. The molecule has 0 unspecified atom stereocenters. The summed E-state index contributed by atoms with van der Waals surface area (Å²) in [4.78, 5) is 21.7. The lowest BCUT2D eigenvalue weighted by atomic mass is 10.2. The molecule has 2 rings (SSSR count). The quantitative estimate of drug-likeness (QED) is 0.901. The number of anilines is 2. The maximum atomic E-state index is 12.2.